The summed E-state index contributed by atoms with van der Waals surface area (Å²) in [6, 6.07) is 6.58. The minimum atomic E-state index is -3.85. The number of rotatable bonds is 9. The lowest BCUT2D eigenvalue weighted by Gasteiger charge is -2.25. The molecule has 27 heavy (non-hydrogen) atoms. The van der Waals surface area contributed by atoms with Crippen LogP contribution >= 0.6 is 11.3 Å². The largest absolute Gasteiger partial charge is 0.370 e. The molecule has 148 valence electrons. The van der Waals surface area contributed by atoms with Crippen molar-refractivity contribution in [3.63, 3.8) is 0 Å². The van der Waals surface area contributed by atoms with Gasteiger partial charge in [0.25, 0.3) is 0 Å². The first kappa shape index (κ1) is 21.4. The van der Waals surface area contributed by atoms with E-state index in [0.29, 0.717) is 12.2 Å². The number of carbonyl (C=O) groups excluding carboxylic acids is 1. The van der Waals surface area contributed by atoms with Crippen LogP contribution in [-0.2, 0) is 21.4 Å². The normalized spacial score (nSPS) is 11.6. The summed E-state index contributed by atoms with van der Waals surface area (Å²) in [5.74, 6) is -0.215. The van der Waals surface area contributed by atoms with Gasteiger partial charge >= 0.3 is 0 Å². The van der Waals surface area contributed by atoms with E-state index in [4.69, 9.17) is 5.14 Å². The molecule has 0 fully saturated rings. The minimum Gasteiger partial charge on any atom is -0.370 e. The van der Waals surface area contributed by atoms with E-state index in [2.05, 4.69) is 5.32 Å². The van der Waals surface area contributed by atoms with Crippen molar-refractivity contribution < 1.29 is 13.2 Å². The van der Waals surface area contributed by atoms with Gasteiger partial charge in [0.05, 0.1) is 22.8 Å². The molecule has 0 aliphatic carbocycles. The zero-order valence-corrected chi connectivity index (χ0v) is 17.4. The van der Waals surface area contributed by atoms with Gasteiger partial charge in [0.2, 0.25) is 15.9 Å². The zero-order valence-electron chi connectivity index (χ0n) is 15.8. The maximum Gasteiger partial charge on any atom is 0.238 e. The van der Waals surface area contributed by atoms with E-state index in [-0.39, 0.29) is 17.3 Å². The molecule has 7 nitrogen and oxygen atoms in total. The highest BCUT2D eigenvalue weighted by Gasteiger charge is 2.17. The summed E-state index contributed by atoms with van der Waals surface area (Å²) in [4.78, 5) is 16.4. The van der Waals surface area contributed by atoms with Gasteiger partial charge in [-0.3, -0.25) is 9.69 Å². The van der Waals surface area contributed by atoms with E-state index in [9.17, 15) is 13.2 Å². The fourth-order valence-electron chi connectivity index (χ4n) is 2.82. The Morgan fingerprint density at radius 2 is 1.93 bits per heavy atom. The molecular formula is C18H26N4O3S2. The zero-order chi connectivity index (χ0) is 20.0. The van der Waals surface area contributed by atoms with Crippen molar-refractivity contribution in [2.24, 2.45) is 5.14 Å². The number of likely N-dealkylation sites (N-methyl/N-ethyl adjacent to an activating group) is 1. The first-order valence-corrected chi connectivity index (χ1v) is 11.1. The molecular weight excluding hydrogens is 384 g/mol. The molecule has 2 aromatic rings. The maximum absolute atomic E-state index is 12.5. The molecule has 0 radical (unpaired) electrons. The number of nitrogens with zero attached hydrogens (tertiary/aromatic N) is 2. The molecule has 0 unspecified atom stereocenters. The number of amides is 1. The molecule has 0 saturated carbocycles. The molecule has 1 heterocycles. The molecule has 2 rings (SSSR count). The van der Waals surface area contributed by atoms with Crippen LogP contribution in [0, 0.1) is 0 Å². The summed E-state index contributed by atoms with van der Waals surface area (Å²) in [5, 5.41) is 12.1. The van der Waals surface area contributed by atoms with Crippen LogP contribution in [0.25, 0.3) is 0 Å². The van der Waals surface area contributed by atoms with Crippen molar-refractivity contribution >= 4 is 38.6 Å². The molecule has 1 amide bonds. The molecule has 3 N–H and O–H groups in total. The van der Waals surface area contributed by atoms with Gasteiger partial charge in [-0.15, -0.1) is 0 Å². The topological polar surface area (TPSA) is 95.7 Å². The molecule has 0 aliphatic heterocycles. The third-order valence-electron chi connectivity index (χ3n) is 4.12. The van der Waals surface area contributed by atoms with Crippen molar-refractivity contribution in [2.75, 3.05) is 36.9 Å². The van der Waals surface area contributed by atoms with Gasteiger partial charge in [-0.1, -0.05) is 0 Å². The average Bonchev–Trinajstić information content (AvgIpc) is 3.08. The van der Waals surface area contributed by atoms with Crippen LogP contribution in [0.1, 0.15) is 19.4 Å². The lowest BCUT2D eigenvalue weighted by atomic mass is 10.2. The molecule has 0 saturated heterocycles. The molecule has 9 heteroatoms. The van der Waals surface area contributed by atoms with Crippen molar-refractivity contribution in [2.45, 2.75) is 25.3 Å². The van der Waals surface area contributed by atoms with Gasteiger partial charge in [-0.25, -0.2) is 13.6 Å². The number of nitrogens with one attached hydrogen (secondary N) is 1. The number of hydrogen-bond donors (Lipinski definition) is 2. The predicted octanol–water partition coefficient (Wildman–Crippen LogP) is 2.31. The Balaban J connectivity index is 2.19. The third-order valence-corrected chi connectivity index (χ3v) is 5.76. The number of primary sulfonamides is 1. The van der Waals surface area contributed by atoms with Crippen LogP contribution in [0.15, 0.2) is 39.9 Å². The summed E-state index contributed by atoms with van der Waals surface area (Å²) in [6.07, 6.45) is 0. The summed E-state index contributed by atoms with van der Waals surface area (Å²) >= 11 is 1.62. The first-order valence-electron chi connectivity index (χ1n) is 8.65. The Morgan fingerprint density at radius 1 is 1.22 bits per heavy atom. The fourth-order valence-corrected chi connectivity index (χ4v) is 4.02. The van der Waals surface area contributed by atoms with Gasteiger partial charge in [0.15, 0.2) is 0 Å². The third kappa shape index (κ3) is 6.03. The average molecular weight is 411 g/mol. The van der Waals surface area contributed by atoms with E-state index in [0.717, 1.165) is 24.3 Å². The highest BCUT2D eigenvalue weighted by molar-refractivity contribution is 7.89. The van der Waals surface area contributed by atoms with Gasteiger partial charge < -0.3 is 10.2 Å². The van der Waals surface area contributed by atoms with Crippen LogP contribution in [0.5, 0.6) is 0 Å². The second-order valence-corrected chi connectivity index (χ2v) is 8.59. The number of thiophene rings is 1. The first-order chi connectivity index (χ1) is 12.7. The van der Waals surface area contributed by atoms with E-state index in [1.807, 2.05) is 47.5 Å². The highest BCUT2D eigenvalue weighted by Crippen LogP contribution is 2.28. The number of carbonyl (C=O) groups is 1. The Kier molecular flexibility index (Phi) is 7.37. The maximum atomic E-state index is 12.5. The van der Waals surface area contributed by atoms with Crippen molar-refractivity contribution in [3.05, 3.63) is 40.6 Å². The Bertz CT molecular complexity index is 863. The molecule has 0 aliphatic rings. The number of nitrogens with two attached hydrogens (primary N) is 1. The van der Waals surface area contributed by atoms with Crippen LogP contribution < -0.4 is 15.4 Å². The summed E-state index contributed by atoms with van der Waals surface area (Å²) in [5.41, 5.74) is 2.36. The Morgan fingerprint density at radius 3 is 2.48 bits per heavy atom. The van der Waals surface area contributed by atoms with Gasteiger partial charge in [-0.05, 0) is 61.5 Å². The SMILES string of the molecule is CCN(CC)c1ccc(S(N)(=O)=O)cc1NC(=O)CN(C)Cc1ccsc1. The smallest absolute Gasteiger partial charge is 0.238 e. The van der Waals surface area contributed by atoms with E-state index in [1.54, 1.807) is 17.4 Å². The highest BCUT2D eigenvalue weighted by atomic mass is 32.2. The van der Waals surface area contributed by atoms with Crippen LogP contribution in [0.2, 0.25) is 0 Å². The summed E-state index contributed by atoms with van der Waals surface area (Å²) < 4.78 is 23.4. The lowest BCUT2D eigenvalue weighted by molar-refractivity contribution is -0.117. The van der Waals surface area contributed by atoms with Gasteiger partial charge in [0, 0.05) is 19.6 Å². The van der Waals surface area contributed by atoms with Gasteiger partial charge in [0.1, 0.15) is 0 Å². The predicted molar refractivity (Wildman–Crippen MR) is 111 cm³/mol. The second kappa shape index (κ2) is 9.32. The van der Waals surface area contributed by atoms with Crippen LogP contribution in [0.3, 0.4) is 0 Å². The minimum absolute atomic E-state index is 0.0275. The number of sulfonamides is 1. The van der Waals surface area contributed by atoms with E-state index in [1.165, 1.54) is 12.1 Å². The van der Waals surface area contributed by atoms with Crippen LogP contribution in [0.4, 0.5) is 11.4 Å². The quantitative estimate of drug-likeness (QED) is 0.661. The molecule has 0 bridgehead atoms. The Labute approximate surface area is 164 Å². The van der Waals surface area contributed by atoms with Gasteiger partial charge in [-0.2, -0.15) is 11.3 Å². The fraction of sp³-hybridized carbons (Fsp3) is 0.389. The Hall–Kier alpha value is -1.94. The van der Waals surface area contributed by atoms with E-state index < -0.39 is 10.0 Å². The monoisotopic (exact) mass is 410 g/mol. The standard InChI is InChI=1S/C18H26N4O3S2/c1-4-22(5-2)17-7-6-15(27(19,24)25)10-16(17)20-18(23)12-21(3)11-14-8-9-26-13-14/h6-10,13H,4-5,11-12H2,1-3H3,(H,20,23)(H2,19,24,25). The van der Waals surface area contributed by atoms with Crippen molar-refractivity contribution in [1.82, 2.24) is 4.90 Å². The number of benzene rings is 1. The summed E-state index contributed by atoms with van der Waals surface area (Å²) in [6.45, 7) is 6.30. The molecule has 1 aromatic heterocycles. The second-order valence-electron chi connectivity index (χ2n) is 6.25. The molecule has 1 aromatic carbocycles. The number of hydrogen-bond acceptors (Lipinski definition) is 6. The number of anilines is 2. The molecule has 0 atom stereocenters. The summed E-state index contributed by atoms with van der Waals surface area (Å²) in [7, 11) is -1.99. The van der Waals surface area contributed by atoms with E-state index >= 15 is 0 Å². The lowest BCUT2D eigenvalue weighted by Crippen LogP contribution is -2.31. The van der Waals surface area contributed by atoms with Crippen molar-refractivity contribution in [1.29, 1.82) is 0 Å². The molecule has 0 spiro atoms. The van der Waals surface area contributed by atoms with Crippen LogP contribution in [-0.4, -0.2) is 45.9 Å². The van der Waals surface area contributed by atoms with Crippen molar-refractivity contribution in [3.8, 4) is 0 Å².